The van der Waals surface area contributed by atoms with Gasteiger partial charge in [-0.25, -0.2) is 4.57 Å². The highest BCUT2D eigenvalue weighted by Gasteiger charge is 2.33. The summed E-state index contributed by atoms with van der Waals surface area (Å²) in [4.78, 5) is 0. The zero-order chi connectivity index (χ0) is 26.0. The third-order valence-corrected chi connectivity index (χ3v) is 9.24. The van der Waals surface area contributed by atoms with Crippen LogP contribution in [0.2, 0.25) is 0 Å². The van der Waals surface area contributed by atoms with Crippen LogP contribution in [0.4, 0.5) is 0 Å². The van der Waals surface area contributed by atoms with Crippen molar-refractivity contribution in [1.82, 2.24) is 0 Å². The van der Waals surface area contributed by atoms with E-state index in [-0.39, 0.29) is 0 Å². The van der Waals surface area contributed by atoms with Gasteiger partial charge in [0.15, 0.2) is 6.20 Å². The summed E-state index contributed by atoms with van der Waals surface area (Å²) in [6.07, 6.45) is 11.3. The normalized spacial score (nSPS) is 17.4. The molecule has 0 aliphatic heterocycles. The summed E-state index contributed by atoms with van der Waals surface area (Å²) in [6.45, 7) is 7.06. The van der Waals surface area contributed by atoms with Crippen molar-refractivity contribution < 1.29 is 8.98 Å². The summed E-state index contributed by atoms with van der Waals surface area (Å²) in [7, 11) is 2.11. The van der Waals surface area contributed by atoms with E-state index in [1.807, 2.05) is 0 Å². The van der Waals surface area contributed by atoms with Crippen LogP contribution in [0, 0.1) is 12.3 Å². The van der Waals surface area contributed by atoms with Crippen molar-refractivity contribution in [3.05, 3.63) is 89.1 Å². The summed E-state index contributed by atoms with van der Waals surface area (Å²) in [5, 5.41) is 2.40. The molecule has 2 aliphatic rings. The lowest BCUT2D eigenvalue weighted by Gasteiger charge is -2.25. The van der Waals surface area contributed by atoms with Gasteiger partial charge in [0.2, 0.25) is 5.69 Å². The number of para-hydroxylation sites is 1. The molecule has 0 spiro atoms. The Labute approximate surface area is 226 Å². The maximum absolute atomic E-state index is 6.89. The molecule has 192 valence electrons. The molecule has 2 aromatic heterocycles. The molecule has 2 nitrogen and oxygen atoms in total. The van der Waals surface area contributed by atoms with Gasteiger partial charge in [0.25, 0.3) is 0 Å². The van der Waals surface area contributed by atoms with Crippen LogP contribution >= 0.6 is 0 Å². The molecular weight excluding hydrogens is 462 g/mol. The second kappa shape index (κ2) is 8.83. The van der Waals surface area contributed by atoms with Crippen LogP contribution in [0.5, 0.6) is 0 Å². The first kappa shape index (κ1) is 23.7. The Balaban J connectivity index is 1.46. The van der Waals surface area contributed by atoms with Gasteiger partial charge in [-0.2, -0.15) is 0 Å². The summed E-state index contributed by atoms with van der Waals surface area (Å²) in [6, 6.07) is 22.6. The number of nitrogens with zero attached hydrogens (tertiary/aromatic N) is 1. The van der Waals surface area contributed by atoms with Crippen LogP contribution in [0.1, 0.15) is 74.1 Å². The number of hydrogen-bond donors (Lipinski definition) is 0. The molecule has 3 aromatic carbocycles. The fourth-order valence-electron chi connectivity index (χ4n) is 7.41. The fourth-order valence-corrected chi connectivity index (χ4v) is 7.41. The second-order valence-electron chi connectivity index (χ2n) is 12.7. The Morgan fingerprint density at radius 3 is 2.47 bits per heavy atom. The first-order valence-electron chi connectivity index (χ1n) is 14.5. The molecule has 2 heterocycles. The molecule has 0 radical (unpaired) electrons. The average molecular weight is 501 g/mol. The number of aromatic nitrogens is 1. The molecule has 2 aliphatic carbocycles. The molecule has 1 fully saturated rings. The van der Waals surface area contributed by atoms with E-state index < -0.39 is 0 Å². The number of hydrogen-bond acceptors (Lipinski definition) is 1. The lowest BCUT2D eigenvalue weighted by atomic mass is 9.79. The van der Waals surface area contributed by atoms with Crippen LogP contribution in [0.15, 0.2) is 71.3 Å². The van der Waals surface area contributed by atoms with Crippen molar-refractivity contribution in [3.63, 3.8) is 0 Å². The second-order valence-corrected chi connectivity index (χ2v) is 12.7. The maximum atomic E-state index is 6.89. The van der Waals surface area contributed by atoms with Gasteiger partial charge in [0.1, 0.15) is 18.2 Å². The van der Waals surface area contributed by atoms with E-state index in [2.05, 4.69) is 99.2 Å². The predicted molar refractivity (Wildman–Crippen MR) is 158 cm³/mol. The molecule has 38 heavy (non-hydrogen) atoms. The molecule has 0 atom stereocenters. The Kier molecular flexibility index (Phi) is 5.51. The molecule has 2 heteroatoms. The van der Waals surface area contributed by atoms with E-state index in [1.54, 1.807) is 16.7 Å². The number of benzene rings is 3. The van der Waals surface area contributed by atoms with Crippen LogP contribution in [-0.2, 0) is 19.9 Å². The summed E-state index contributed by atoms with van der Waals surface area (Å²) >= 11 is 0. The summed E-state index contributed by atoms with van der Waals surface area (Å²) < 4.78 is 9.08. The number of pyridine rings is 1. The Morgan fingerprint density at radius 1 is 0.842 bits per heavy atom. The number of fused-ring (bicyclic) bond motifs is 4. The van der Waals surface area contributed by atoms with Gasteiger partial charge in [-0.3, -0.25) is 0 Å². The van der Waals surface area contributed by atoms with E-state index in [0.29, 0.717) is 11.3 Å². The van der Waals surface area contributed by atoms with Gasteiger partial charge in [0, 0.05) is 28.5 Å². The largest absolute Gasteiger partial charge is 0.454 e. The van der Waals surface area contributed by atoms with Gasteiger partial charge >= 0.3 is 0 Å². The molecule has 0 saturated heterocycles. The minimum Gasteiger partial charge on any atom is -0.454 e. The molecule has 5 aromatic rings. The molecular formula is C36H38NO+. The average Bonchev–Trinajstić information content (AvgIpc) is 3.44. The summed E-state index contributed by atoms with van der Waals surface area (Å²) in [5.74, 6) is 0.702. The van der Waals surface area contributed by atoms with Gasteiger partial charge in [-0.05, 0) is 77.8 Å². The quantitative estimate of drug-likeness (QED) is 0.226. The topological polar surface area (TPSA) is 17.0 Å². The zero-order valence-corrected chi connectivity index (χ0v) is 23.2. The van der Waals surface area contributed by atoms with Crippen LogP contribution < -0.4 is 4.57 Å². The Morgan fingerprint density at radius 2 is 1.66 bits per heavy atom. The zero-order valence-electron chi connectivity index (χ0n) is 23.2. The van der Waals surface area contributed by atoms with Crippen molar-refractivity contribution in [3.8, 4) is 22.4 Å². The molecule has 0 unspecified atom stereocenters. The van der Waals surface area contributed by atoms with E-state index in [1.165, 1.54) is 83.7 Å². The SMILES string of the molecule is Cc1ccc2c(oc3c(-c4cc5c(c(C6CCCCC6)c4)CC(C)(C)C5)cccc32)c1-c1cccc[n+]1C. The van der Waals surface area contributed by atoms with E-state index >= 15 is 0 Å². The van der Waals surface area contributed by atoms with Crippen LogP contribution in [0.25, 0.3) is 44.3 Å². The van der Waals surface area contributed by atoms with Crippen LogP contribution in [-0.4, -0.2) is 0 Å². The molecule has 1 saturated carbocycles. The van der Waals surface area contributed by atoms with Crippen molar-refractivity contribution in [2.24, 2.45) is 12.5 Å². The fraction of sp³-hybridized carbons (Fsp3) is 0.361. The van der Waals surface area contributed by atoms with Gasteiger partial charge in [0.05, 0.1) is 5.56 Å². The van der Waals surface area contributed by atoms with Crippen molar-refractivity contribution in [1.29, 1.82) is 0 Å². The summed E-state index contributed by atoms with van der Waals surface area (Å²) in [5.41, 5.74) is 13.3. The first-order chi connectivity index (χ1) is 18.4. The lowest BCUT2D eigenvalue weighted by Crippen LogP contribution is -2.30. The minimum atomic E-state index is 0.341. The van der Waals surface area contributed by atoms with E-state index in [4.69, 9.17) is 4.42 Å². The van der Waals surface area contributed by atoms with Crippen molar-refractivity contribution >= 4 is 21.9 Å². The van der Waals surface area contributed by atoms with E-state index in [9.17, 15) is 0 Å². The molecule has 0 bridgehead atoms. The molecule has 7 rings (SSSR count). The highest BCUT2D eigenvalue weighted by atomic mass is 16.3. The maximum Gasteiger partial charge on any atom is 0.216 e. The first-order valence-corrected chi connectivity index (χ1v) is 14.5. The Hall–Kier alpha value is -3.39. The third-order valence-electron chi connectivity index (χ3n) is 9.24. The van der Waals surface area contributed by atoms with E-state index in [0.717, 1.165) is 11.2 Å². The standard InChI is InChI=1S/C36H38NO/c1-23-16-17-29-28-14-10-13-27(34(28)38-35(29)33(23)32-15-8-9-18-37(32)4)25-19-26-21-36(2,3)22-31(26)30(20-25)24-11-6-5-7-12-24/h8-10,13-20,24H,5-7,11-12,21-22H2,1-4H3/q+1. The lowest BCUT2D eigenvalue weighted by molar-refractivity contribution is -0.660. The van der Waals surface area contributed by atoms with Gasteiger partial charge in [-0.15, -0.1) is 0 Å². The number of aryl methyl sites for hydroxylation is 2. The highest BCUT2D eigenvalue weighted by molar-refractivity contribution is 6.13. The number of furan rings is 1. The van der Waals surface area contributed by atoms with Crippen molar-refractivity contribution in [2.75, 3.05) is 0 Å². The minimum absolute atomic E-state index is 0.341. The highest BCUT2D eigenvalue weighted by Crippen LogP contribution is 2.47. The Bertz CT molecular complexity index is 1700. The smallest absolute Gasteiger partial charge is 0.216 e. The molecule has 0 N–H and O–H groups in total. The van der Waals surface area contributed by atoms with Gasteiger partial charge in [-0.1, -0.05) is 75.6 Å². The van der Waals surface area contributed by atoms with Crippen molar-refractivity contribution in [2.45, 2.75) is 71.6 Å². The monoisotopic (exact) mass is 500 g/mol. The number of rotatable bonds is 3. The van der Waals surface area contributed by atoms with Gasteiger partial charge < -0.3 is 4.42 Å². The molecule has 0 amide bonds. The van der Waals surface area contributed by atoms with Crippen LogP contribution in [0.3, 0.4) is 0 Å². The predicted octanol–water partition coefficient (Wildman–Crippen LogP) is 9.23. The third kappa shape index (κ3) is 3.80.